The number of pyridine rings is 1. The Morgan fingerprint density at radius 1 is 1.56 bits per heavy atom. The zero-order valence-electron chi connectivity index (χ0n) is 10.8. The van der Waals surface area contributed by atoms with Crippen molar-refractivity contribution in [3.05, 3.63) is 29.6 Å². The molecule has 0 spiro atoms. The van der Waals surface area contributed by atoms with E-state index in [0.29, 0.717) is 6.54 Å². The molecular weight excluding hydrogens is 230 g/mol. The van der Waals surface area contributed by atoms with E-state index >= 15 is 0 Å². The molecule has 2 heterocycles. The van der Waals surface area contributed by atoms with Crippen molar-refractivity contribution in [1.29, 1.82) is 0 Å². The third-order valence-corrected chi connectivity index (χ3v) is 3.54. The first-order valence-electron chi connectivity index (χ1n) is 6.08. The fraction of sp³-hybridized carbons (Fsp3) is 0.538. The molecule has 1 aromatic rings. The van der Waals surface area contributed by atoms with E-state index in [0.717, 1.165) is 24.5 Å². The number of carboxylic acids is 1. The van der Waals surface area contributed by atoms with Crippen LogP contribution in [0.1, 0.15) is 17.8 Å². The summed E-state index contributed by atoms with van der Waals surface area (Å²) in [7, 11) is 1.97. The third kappa shape index (κ3) is 2.68. The molecule has 0 radical (unpaired) electrons. The Labute approximate surface area is 107 Å². The molecule has 1 saturated heterocycles. The fourth-order valence-corrected chi connectivity index (χ4v) is 2.32. The molecule has 1 aliphatic heterocycles. The number of carbonyl (C=O) groups is 1. The molecule has 2 rings (SSSR count). The largest absolute Gasteiger partial charge is 0.481 e. The van der Waals surface area contributed by atoms with Gasteiger partial charge in [-0.25, -0.2) is 0 Å². The lowest BCUT2D eigenvalue weighted by atomic mass is 9.86. The van der Waals surface area contributed by atoms with Crippen molar-refractivity contribution < 1.29 is 9.90 Å². The smallest absolute Gasteiger partial charge is 0.305 e. The summed E-state index contributed by atoms with van der Waals surface area (Å²) in [6, 6.07) is 5.92. The molecule has 98 valence electrons. The number of likely N-dealkylation sites (N-methyl/N-ethyl adjacent to an activating group) is 1. The van der Waals surface area contributed by atoms with Gasteiger partial charge in [0.1, 0.15) is 0 Å². The van der Waals surface area contributed by atoms with E-state index in [1.807, 2.05) is 32.2 Å². The molecule has 2 N–H and O–H groups in total. The van der Waals surface area contributed by atoms with Crippen LogP contribution in [0.5, 0.6) is 0 Å². The molecular formula is C13H19N3O2. The molecule has 5 nitrogen and oxygen atoms in total. The maximum atomic E-state index is 10.9. The van der Waals surface area contributed by atoms with Gasteiger partial charge in [0.05, 0.1) is 17.7 Å². The number of carboxylic acid groups (broad SMARTS) is 1. The van der Waals surface area contributed by atoms with E-state index in [1.165, 1.54) is 0 Å². The van der Waals surface area contributed by atoms with Crippen LogP contribution in [-0.4, -0.2) is 46.6 Å². The average molecular weight is 249 g/mol. The third-order valence-electron chi connectivity index (χ3n) is 3.54. The van der Waals surface area contributed by atoms with Crippen LogP contribution in [0.3, 0.4) is 0 Å². The van der Waals surface area contributed by atoms with Gasteiger partial charge in [-0.2, -0.15) is 0 Å². The van der Waals surface area contributed by atoms with E-state index in [2.05, 4.69) is 15.2 Å². The second kappa shape index (κ2) is 5.04. The van der Waals surface area contributed by atoms with Crippen molar-refractivity contribution in [3.8, 4) is 0 Å². The highest BCUT2D eigenvalue weighted by atomic mass is 16.4. The van der Waals surface area contributed by atoms with Gasteiger partial charge in [-0.15, -0.1) is 0 Å². The first-order chi connectivity index (χ1) is 8.52. The summed E-state index contributed by atoms with van der Waals surface area (Å²) >= 11 is 0. The van der Waals surface area contributed by atoms with Crippen LogP contribution in [0, 0.1) is 6.92 Å². The standard InChI is InChI=1S/C13H19N3O2/c1-10-4-3-5-11(15-10)7-16(2)13(6-12(17)18)8-14-9-13/h3-5,14H,6-9H2,1-2H3,(H,17,18). The molecule has 0 amide bonds. The van der Waals surface area contributed by atoms with Crippen LogP contribution >= 0.6 is 0 Å². The molecule has 0 aromatic carbocycles. The normalized spacial score (nSPS) is 17.5. The number of aliphatic carboxylic acids is 1. The van der Waals surface area contributed by atoms with Crippen LogP contribution < -0.4 is 5.32 Å². The van der Waals surface area contributed by atoms with E-state index in [1.54, 1.807) is 0 Å². The predicted molar refractivity (Wildman–Crippen MR) is 68.3 cm³/mol. The number of rotatable bonds is 5. The SMILES string of the molecule is Cc1cccc(CN(C)C2(CC(=O)O)CNC2)n1. The molecule has 0 atom stereocenters. The zero-order valence-corrected chi connectivity index (χ0v) is 10.8. The number of nitrogens with one attached hydrogen (secondary N) is 1. The van der Waals surface area contributed by atoms with Crippen LogP contribution in [0.4, 0.5) is 0 Å². The first-order valence-corrected chi connectivity index (χ1v) is 6.08. The summed E-state index contributed by atoms with van der Waals surface area (Å²) in [5.74, 6) is -0.749. The Kier molecular flexibility index (Phi) is 3.63. The summed E-state index contributed by atoms with van der Waals surface area (Å²) in [5.41, 5.74) is 1.70. The topological polar surface area (TPSA) is 65.5 Å². The summed E-state index contributed by atoms with van der Waals surface area (Å²) in [5, 5.41) is 12.2. The maximum Gasteiger partial charge on any atom is 0.305 e. The average Bonchev–Trinajstić information content (AvgIpc) is 2.23. The quantitative estimate of drug-likeness (QED) is 0.801. The lowest BCUT2D eigenvalue weighted by Crippen LogP contribution is -2.68. The first kappa shape index (κ1) is 13.0. The van der Waals surface area contributed by atoms with Gasteiger partial charge >= 0.3 is 5.97 Å². The molecule has 1 aliphatic rings. The van der Waals surface area contributed by atoms with Gasteiger partial charge in [-0.05, 0) is 26.1 Å². The highest BCUT2D eigenvalue weighted by molar-refractivity contribution is 5.68. The molecule has 0 aliphatic carbocycles. The van der Waals surface area contributed by atoms with Crippen molar-refractivity contribution >= 4 is 5.97 Å². The minimum absolute atomic E-state index is 0.169. The van der Waals surface area contributed by atoms with Gasteiger partial charge < -0.3 is 10.4 Å². The van der Waals surface area contributed by atoms with Crippen molar-refractivity contribution in [2.75, 3.05) is 20.1 Å². The Balaban J connectivity index is 2.06. The number of hydrogen-bond donors (Lipinski definition) is 2. The molecule has 0 bridgehead atoms. The van der Waals surface area contributed by atoms with Gasteiger partial charge in [-0.1, -0.05) is 6.07 Å². The Morgan fingerprint density at radius 3 is 2.78 bits per heavy atom. The molecule has 0 unspecified atom stereocenters. The molecule has 0 saturated carbocycles. The van der Waals surface area contributed by atoms with Gasteiger partial charge in [0, 0.05) is 25.3 Å². The predicted octanol–water partition coefficient (Wildman–Crippen LogP) is 0.639. The Bertz CT molecular complexity index is 444. The summed E-state index contributed by atoms with van der Waals surface area (Å²) < 4.78 is 0. The van der Waals surface area contributed by atoms with E-state index in [4.69, 9.17) is 5.11 Å². The molecule has 18 heavy (non-hydrogen) atoms. The lowest BCUT2D eigenvalue weighted by Gasteiger charge is -2.48. The second-order valence-electron chi connectivity index (χ2n) is 5.02. The maximum absolute atomic E-state index is 10.9. The van der Waals surface area contributed by atoms with Crippen molar-refractivity contribution in [1.82, 2.24) is 15.2 Å². The molecule has 1 fully saturated rings. The van der Waals surface area contributed by atoms with Crippen molar-refractivity contribution in [2.24, 2.45) is 0 Å². The minimum atomic E-state index is -0.749. The monoisotopic (exact) mass is 249 g/mol. The number of aryl methyl sites for hydroxylation is 1. The van der Waals surface area contributed by atoms with Gasteiger partial charge in [0.25, 0.3) is 0 Å². The van der Waals surface area contributed by atoms with E-state index in [9.17, 15) is 4.79 Å². The van der Waals surface area contributed by atoms with Crippen LogP contribution in [0.25, 0.3) is 0 Å². The Morgan fingerprint density at radius 2 is 2.28 bits per heavy atom. The van der Waals surface area contributed by atoms with E-state index < -0.39 is 5.97 Å². The summed E-state index contributed by atoms with van der Waals surface area (Å²) in [4.78, 5) is 17.5. The molecule has 5 heteroatoms. The van der Waals surface area contributed by atoms with Crippen LogP contribution in [-0.2, 0) is 11.3 Å². The minimum Gasteiger partial charge on any atom is -0.481 e. The zero-order chi connectivity index (χ0) is 13.2. The highest BCUT2D eigenvalue weighted by Crippen LogP contribution is 2.24. The fourth-order valence-electron chi connectivity index (χ4n) is 2.32. The van der Waals surface area contributed by atoms with Crippen molar-refractivity contribution in [3.63, 3.8) is 0 Å². The van der Waals surface area contributed by atoms with Gasteiger partial charge in [0.15, 0.2) is 0 Å². The van der Waals surface area contributed by atoms with Crippen molar-refractivity contribution in [2.45, 2.75) is 25.4 Å². The second-order valence-corrected chi connectivity index (χ2v) is 5.02. The summed E-state index contributed by atoms with van der Waals surface area (Å²) in [6.45, 7) is 4.08. The van der Waals surface area contributed by atoms with Gasteiger partial charge in [0.2, 0.25) is 0 Å². The van der Waals surface area contributed by atoms with Crippen LogP contribution in [0.2, 0.25) is 0 Å². The Hall–Kier alpha value is -1.46. The van der Waals surface area contributed by atoms with Crippen LogP contribution in [0.15, 0.2) is 18.2 Å². The van der Waals surface area contributed by atoms with Gasteiger partial charge in [-0.3, -0.25) is 14.7 Å². The number of hydrogen-bond acceptors (Lipinski definition) is 4. The lowest BCUT2D eigenvalue weighted by molar-refractivity contribution is -0.141. The number of nitrogens with zero attached hydrogens (tertiary/aromatic N) is 2. The molecule has 1 aromatic heterocycles. The number of aromatic nitrogens is 1. The summed E-state index contributed by atoms with van der Waals surface area (Å²) in [6.07, 6.45) is 0.169. The van der Waals surface area contributed by atoms with E-state index in [-0.39, 0.29) is 12.0 Å². The highest BCUT2D eigenvalue weighted by Gasteiger charge is 2.42.